The number of ether oxygens (including phenoxy) is 1. The molecule has 0 saturated carbocycles. The number of carbonyl (C=O) groups is 1. The standard InChI is InChI=1S/C18H16ClN3O3/c1-24-15-4-2-3-12(11-15)18-22-21-17(25-18)10-9-16(23)20-14-7-5-13(19)6-8-14/h2-8,11H,9-10H2,1H3,(H,20,23). The zero-order chi connectivity index (χ0) is 17.6. The van der Waals surface area contributed by atoms with E-state index in [1.54, 1.807) is 31.4 Å². The third kappa shape index (κ3) is 4.58. The maximum atomic E-state index is 12.0. The van der Waals surface area contributed by atoms with Crippen LogP contribution in [0.3, 0.4) is 0 Å². The normalized spacial score (nSPS) is 10.5. The number of benzene rings is 2. The summed E-state index contributed by atoms with van der Waals surface area (Å²) in [6.07, 6.45) is 0.596. The summed E-state index contributed by atoms with van der Waals surface area (Å²) in [5.74, 6) is 1.37. The van der Waals surface area contributed by atoms with Crippen molar-refractivity contribution >= 4 is 23.2 Å². The van der Waals surface area contributed by atoms with Gasteiger partial charge in [-0.25, -0.2) is 0 Å². The van der Waals surface area contributed by atoms with Crippen molar-refractivity contribution in [1.29, 1.82) is 0 Å². The fourth-order valence-electron chi connectivity index (χ4n) is 2.20. The van der Waals surface area contributed by atoms with Crippen LogP contribution in [0.2, 0.25) is 5.02 Å². The highest BCUT2D eigenvalue weighted by Crippen LogP contribution is 2.23. The Balaban J connectivity index is 1.57. The first-order valence-electron chi connectivity index (χ1n) is 7.66. The maximum Gasteiger partial charge on any atom is 0.247 e. The number of halogens is 1. The molecule has 3 aromatic rings. The number of carbonyl (C=O) groups excluding carboxylic acids is 1. The average molecular weight is 358 g/mol. The first-order chi connectivity index (χ1) is 12.1. The van der Waals surface area contributed by atoms with Gasteiger partial charge in [-0.1, -0.05) is 17.7 Å². The van der Waals surface area contributed by atoms with Gasteiger partial charge in [0.15, 0.2) is 0 Å². The van der Waals surface area contributed by atoms with Crippen LogP contribution in [0.4, 0.5) is 5.69 Å². The van der Waals surface area contributed by atoms with Crippen LogP contribution in [-0.2, 0) is 11.2 Å². The number of anilines is 1. The molecule has 1 N–H and O–H groups in total. The Hall–Kier alpha value is -2.86. The molecule has 0 bridgehead atoms. The molecule has 7 heteroatoms. The average Bonchev–Trinajstić information content (AvgIpc) is 3.11. The van der Waals surface area contributed by atoms with Crippen LogP contribution in [0.5, 0.6) is 5.75 Å². The molecule has 0 atom stereocenters. The fraction of sp³-hybridized carbons (Fsp3) is 0.167. The van der Waals surface area contributed by atoms with Gasteiger partial charge in [0.25, 0.3) is 0 Å². The van der Waals surface area contributed by atoms with Gasteiger partial charge in [-0.05, 0) is 42.5 Å². The minimum atomic E-state index is -0.136. The van der Waals surface area contributed by atoms with Gasteiger partial charge in [-0.3, -0.25) is 4.79 Å². The number of aryl methyl sites for hydroxylation is 1. The van der Waals surface area contributed by atoms with E-state index in [-0.39, 0.29) is 12.3 Å². The predicted molar refractivity (Wildman–Crippen MR) is 94.7 cm³/mol. The molecule has 0 unspecified atom stereocenters. The molecule has 1 aromatic heterocycles. The number of amides is 1. The Morgan fingerprint density at radius 1 is 1.20 bits per heavy atom. The van der Waals surface area contributed by atoms with E-state index in [0.717, 1.165) is 5.56 Å². The molecule has 1 amide bonds. The second kappa shape index (κ2) is 7.81. The number of nitrogens with one attached hydrogen (secondary N) is 1. The number of methoxy groups -OCH3 is 1. The Morgan fingerprint density at radius 2 is 2.00 bits per heavy atom. The Bertz CT molecular complexity index is 862. The summed E-state index contributed by atoms with van der Waals surface area (Å²) in [6, 6.07) is 14.3. The molecule has 0 aliphatic carbocycles. The Kier molecular flexibility index (Phi) is 5.30. The summed E-state index contributed by atoms with van der Waals surface area (Å²) < 4.78 is 10.8. The second-order valence-electron chi connectivity index (χ2n) is 5.29. The van der Waals surface area contributed by atoms with Gasteiger partial charge in [0.2, 0.25) is 17.7 Å². The van der Waals surface area contributed by atoms with E-state index in [4.69, 9.17) is 20.8 Å². The first kappa shape index (κ1) is 17.0. The van der Waals surface area contributed by atoms with Gasteiger partial charge < -0.3 is 14.5 Å². The molecular weight excluding hydrogens is 342 g/mol. The molecule has 0 radical (unpaired) electrons. The largest absolute Gasteiger partial charge is 0.497 e. The molecule has 0 saturated heterocycles. The van der Waals surface area contributed by atoms with Crippen molar-refractivity contribution in [3.05, 3.63) is 59.4 Å². The van der Waals surface area contributed by atoms with Crippen LogP contribution >= 0.6 is 11.6 Å². The van der Waals surface area contributed by atoms with Crippen molar-refractivity contribution in [1.82, 2.24) is 10.2 Å². The lowest BCUT2D eigenvalue weighted by molar-refractivity contribution is -0.116. The van der Waals surface area contributed by atoms with Crippen molar-refractivity contribution in [3.8, 4) is 17.2 Å². The monoisotopic (exact) mass is 357 g/mol. The maximum absolute atomic E-state index is 12.0. The minimum absolute atomic E-state index is 0.136. The van der Waals surface area contributed by atoms with Crippen LogP contribution < -0.4 is 10.1 Å². The molecule has 128 valence electrons. The van der Waals surface area contributed by atoms with E-state index in [1.807, 2.05) is 24.3 Å². The quantitative estimate of drug-likeness (QED) is 0.722. The van der Waals surface area contributed by atoms with E-state index >= 15 is 0 Å². The molecule has 0 aliphatic rings. The molecule has 2 aromatic carbocycles. The summed E-state index contributed by atoms with van der Waals surface area (Å²) in [4.78, 5) is 12.0. The molecule has 1 heterocycles. The van der Waals surface area contributed by atoms with Gasteiger partial charge in [0.1, 0.15) is 5.75 Å². The van der Waals surface area contributed by atoms with Crippen LogP contribution in [0.1, 0.15) is 12.3 Å². The van der Waals surface area contributed by atoms with E-state index < -0.39 is 0 Å². The van der Waals surface area contributed by atoms with E-state index in [9.17, 15) is 4.79 Å². The van der Waals surface area contributed by atoms with Gasteiger partial charge in [-0.15, -0.1) is 10.2 Å². The van der Waals surface area contributed by atoms with Crippen LogP contribution in [0, 0.1) is 0 Å². The summed E-state index contributed by atoms with van der Waals surface area (Å²) >= 11 is 5.81. The number of rotatable bonds is 6. The zero-order valence-corrected chi connectivity index (χ0v) is 14.3. The van der Waals surface area contributed by atoms with E-state index in [2.05, 4.69) is 15.5 Å². The Labute approximate surface area is 149 Å². The lowest BCUT2D eigenvalue weighted by Crippen LogP contribution is -2.12. The summed E-state index contributed by atoms with van der Waals surface area (Å²) in [5.41, 5.74) is 1.46. The summed E-state index contributed by atoms with van der Waals surface area (Å²) in [5, 5.41) is 11.4. The van der Waals surface area contributed by atoms with Crippen molar-refractivity contribution in [3.63, 3.8) is 0 Å². The highest BCUT2D eigenvalue weighted by molar-refractivity contribution is 6.30. The first-order valence-corrected chi connectivity index (χ1v) is 8.04. The van der Waals surface area contributed by atoms with Gasteiger partial charge in [0.05, 0.1) is 7.11 Å². The highest BCUT2D eigenvalue weighted by Gasteiger charge is 2.11. The van der Waals surface area contributed by atoms with Crippen LogP contribution in [0.15, 0.2) is 52.9 Å². The van der Waals surface area contributed by atoms with Crippen LogP contribution in [-0.4, -0.2) is 23.2 Å². The second-order valence-corrected chi connectivity index (χ2v) is 5.72. The molecular formula is C18H16ClN3O3. The number of hydrogen-bond acceptors (Lipinski definition) is 5. The van der Waals surface area contributed by atoms with E-state index in [1.165, 1.54) is 0 Å². The minimum Gasteiger partial charge on any atom is -0.497 e. The summed E-state index contributed by atoms with van der Waals surface area (Å²) in [7, 11) is 1.59. The third-order valence-electron chi connectivity index (χ3n) is 3.48. The van der Waals surface area contributed by atoms with Crippen molar-refractivity contribution in [2.24, 2.45) is 0 Å². The summed E-state index contributed by atoms with van der Waals surface area (Å²) in [6.45, 7) is 0. The van der Waals surface area contributed by atoms with Crippen molar-refractivity contribution in [2.45, 2.75) is 12.8 Å². The number of nitrogens with zero attached hydrogens (tertiary/aromatic N) is 2. The highest BCUT2D eigenvalue weighted by atomic mass is 35.5. The van der Waals surface area contributed by atoms with Gasteiger partial charge in [0, 0.05) is 29.1 Å². The molecule has 3 rings (SSSR count). The lowest BCUT2D eigenvalue weighted by Gasteiger charge is -2.03. The molecule has 0 spiro atoms. The van der Waals surface area contributed by atoms with E-state index in [0.29, 0.717) is 34.7 Å². The Morgan fingerprint density at radius 3 is 2.76 bits per heavy atom. The fourth-order valence-corrected chi connectivity index (χ4v) is 2.33. The molecule has 0 fully saturated rings. The third-order valence-corrected chi connectivity index (χ3v) is 3.73. The van der Waals surface area contributed by atoms with Gasteiger partial charge >= 0.3 is 0 Å². The SMILES string of the molecule is COc1cccc(-c2nnc(CCC(=O)Nc3ccc(Cl)cc3)o2)c1. The lowest BCUT2D eigenvalue weighted by atomic mass is 10.2. The number of aromatic nitrogens is 2. The van der Waals surface area contributed by atoms with Crippen molar-refractivity contribution in [2.75, 3.05) is 12.4 Å². The predicted octanol–water partition coefficient (Wildman–Crippen LogP) is 3.97. The molecule has 25 heavy (non-hydrogen) atoms. The molecule has 0 aliphatic heterocycles. The molecule has 6 nitrogen and oxygen atoms in total. The smallest absolute Gasteiger partial charge is 0.247 e. The zero-order valence-electron chi connectivity index (χ0n) is 13.5. The van der Waals surface area contributed by atoms with Gasteiger partial charge in [-0.2, -0.15) is 0 Å². The van der Waals surface area contributed by atoms with Crippen LogP contribution in [0.25, 0.3) is 11.5 Å². The number of hydrogen-bond donors (Lipinski definition) is 1. The topological polar surface area (TPSA) is 77.2 Å². The van der Waals surface area contributed by atoms with Crippen molar-refractivity contribution < 1.29 is 13.9 Å².